The Morgan fingerprint density at radius 3 is 2.66 bits per heavy atom. The summed E-state index contributed by atoms with van der Waals surface area (Å²) in [5, 5.41) is -0.0556. The lowest BCUT2D eigenvalue weighted by molar-refractivity contribution is 0.122. The molecule has 0 spiro atoms. The Morgan fingerprint density at radius 2 is 1.95 bits per heavy atom. The molecule has 4 heterocycles. The average Bonchev–Trinajstić information content (AvgIpc) is 3.64. The lowest BCUT2D eigenvalue weighted by Crippen LogP contribution is -2.37. The van der Waals surface area contributed by atoms with Crippen molar-refractivity contribution in [2.45, 2.75) is 32.6 Å². The summed E-state index contributed by atoms with van der Waals surface area (Å²) in [5.41, 5.74) is 0.751. The van der Waals surface area contributed by atoms with Gasteiger partial charge in [-0.1, -0.05) is 24.6 Å². The summed E-state index contributed by atoms with van der Waals surface area (Å²) in [6.45, 7) is 7.10. The number of nitrogens with zero attached hydrogens (tertiary/aromatic N) is 5. The number of hydrogen-bond donors (Lipinski definition) is 0. The number of hydrogen-bond acceptors (Lipinski definition) is 6. The van der Waals surface area contributed by atoms with Crippen molar-refractivity contribution in [1.82, 2.24) is 14.5 Å². The summed E-state index contributed by atoms with van der Waals surface area (Å²) in [6.07, 6.45) is 8.04. The van der Waals surface area contributed by atoms with E-state index in [1.807, 2.05) is 6.92 Å². The van der Waals surface area contributed by atoms with E-state index in [9.17, 15) is 9.18 Å². The maximum Gasteiger partial charge on any atom is 0.273 e. The molecule has 2 unspecified atom stereocenters. The number of allylic oxidation sites excluding steroid dienone is 2. The minimum Gasteiger partial charge on any atom is -0.378 e. The van der Waals surface area contributed by atoms with Gasteiger partial charge in [0.05, 0.1) is 25.6 Å². The Bertz CT molecular complexity index is 1610. The minimum absolute atomic E-state index is 0.0486. The van der Waals surface area contributed by atoms with Crippen LogP contribution >= 0.6 is 11.6 Å². The Kier molecular flexibility index (Phi) is 8.42. The Hall–Kier alpha value is -3.76. The molecule has 5 rings (SSSR count). The second-order valence-corrected chi connectivity index (χ2v) is 10.5. The summed E-state index contributed by atoms with van der Waals surface area (Å²) in [5.74, 6) is -2.07. The van der Waals surface area contributed by atoms with E-state index < -0.39 is 23.0 Å². The largest absolute Gasteiger partial charge is 0.378 e. The van der Waals surface area contributed by atoms with Gasteiger partial charge in [-0.2, -0.15) is 0 Å². The first kappa shape index (κ1) is 28.8. The Morgan fingerprint density at radius 1 is 1.20 bits per heavy atom. The quantitative estimate of drug-likeness (QED) is 0.318. The highest BCUT2D eigenvalue weighted by atomic mass is 35.5. The van der Waals surface area contributed by atoms with Crippen molar-refractivity contribution < 1.29 is 17.9 Å². The first-order valence-corrected chi connectivity index (χ1v) is 13.7. The molecular weight excluding hydrogens is 555 g/mol. The van der Waals surface area contributed by atoms with Crippen molar-refractivity contribution in [3.8, 4) is 0 Å². The van der Waals surface area contributed by atoms with Gasteiger partial charge in [0.25, 0.3) is 5.56 Å². The molecule has 0 N–H and O–H groups in total. The number of anilines is 1. The van der Waals surface area contributed by atoms with Crippen LogP contribution in [0.2, 0.25) is 5.02 Å². The van der Waals surface area contributed by atoms with Gasteiger partial charge in [-0.15, -0.1) is 0 Å². The molecule has 0 radical (unpaired) electrons. The normalized spacial score (nSPS) is 21.5. The first-order chi connectivity index (χ1) is 19.7. The highest BCUT2D eigenvalue weighted by Gasteiger charge is 2.50. The molecule has 3 aromatic heterocycles. The van der Waals surface area contributed by atoms with Crippen LogP contribution in [0.15, 0.2) is 64.7 Å². The molecule has 3 aromatic rings. The molecule has 1 saturated heterocycles. The third-order valence-electron chi connectivity index (χ3n) is 7.51. The average molecular weight is 584 g/mol. The molecule has 1 aliphatic carbocycles. The van der Waals surface area contributed by atoms with E-state index in [0.717, 1.165) is 22.5 Å². The molecule has 7 nitrogen and oxygen atoms in total. The van der Waals surface area contributed by atoms with E-state index >= 15 is 8.78 Å². The zero-order chi connectivity index (χ0) is 29.3. The fraction of sp³-hybridized carbons (Fsp3) is 0.333. The number of ether oxygens (including phenoxy) is 1. The summed E-state index contributed by atoms with van der Waals surface area (Å²) in [4.78, 5) is 27.4. The van der Waals surface area contributed by atoms with Gasteiger partial charge in [0.15, 0.2) is 17.5 Å². The van der Waals surface area contributed by atoms with Crippen molar-refractivity contribution in [3.63, 3.8) is 0 Å². The molecule has 0 aromatic carbocycles. The molecule has 214 valence electrons. The number of morpholine rings is 1. The SMILES string of the molecule is C/C=C/N=C(/C(F)=C/n1c(C)cc(C2C(c3cncc(F)c3)[C@H]2C)c(Cl)c1=O)c1ccnc(N2CCOCC2)c1F. The van der Waals surface area contributed by atoms with E-state index in [1.165, 1.54) is 24.5 Å². The number of aryl methyl sites for hydroxylation is 1. The van der Waals surface area contributed by atoms with Gasteiger partial charge in [0.2, 0.25) is 0 Å². The van der Waals surface area contributed by atoms with Gasteiger partial charge in [-0.05, 0) is 60.9 Å². The first-order valence-electron chi connectivity index (χ1n) is 13.3. The molecule has 0 bridgehead atoms. The van der Waals surface area contributed by atoms with Crippen molar-refractivity contribution >= 4 is 29.3 Å². The summed E-state index contributed by atoms with van der Waals surface area (Å²) in [7, 11) is 0. The van der Waals surface area contributed by atoms with Gasteiger partial charge >= 0.3 is 0 Å². The minimum atomic E-state index is -0.932. The zero-order valence-corrected chi connectivity index (χ0v) is 23.6. The number of aromatic nitrogens is 3. The van der Waals surface area contributed by atoms with E-state index in [0.29, 0.717) is 37.6 Å². The maximum absolute atomic E-state index is 15.9. The predicted molar refractivity (Wildman–Crippen MR) is 153 cm³/mol. The van der Waals surface area contributed by atoms with E-state index in [4.69, 9.17) is 16.3 Å². The fourth-order valence-electron chi connectivity index (χ4n) is 5.41. The monoisotopic (exact) mass is 583 g/mol. The zero-order valence-electron chi connectivity index (χ0n) is 22.8. The van der Waals surface area contributed by atoms with E-state index in [1.54, 1.807) is 37.1 Å². The summed E-state index contributed by atoms with van der Waals surface area (Å²) < 4.78 is 51.8. The molecule has 0 amide bonds. The molecular formula is C30H29ClF3N5O2. The van der Waals surface area contributed by atoms with Crippen molar-refractivity contribution in [2.24, 2.45) is 10.9 Å². The highest BCUT2D eigenvalue weighted by molar-refractivity contribution is 6.31. The standard InChI is InChI=1S/C30H29ClF3N5O2/c1-4-6-36-28(21-5-7-37-29(27(21)34)38-8-10-41-11-9-38)23(33)16-39-17(2)12-22(26(31)30(39)40)25-18(3)24(25)19-13-20(32)15-35-14-19/h4-7,12-16,18,24-25H,8-11H2,1-3H3/b6-4+,23-16-,36-28+/t18-,24?,25?/m1/s1. The lowest BCUT2D eigenvalue weighted by atomic mass is 10.1. The van der Waals surface area contributed by atoms with Crippen LogP contribution in [0.1, 0.15) is 48.1 Å². The van der Waals surface area contributed by atoms with Crippen LogP contribution in [0, 0.1) is 24.5 Å². The molecule has 1 saturated carbocycles. The smallest absolute Gasteiger partial charge is 0.273 e. The van der Waals surface area contributed by atoms with E-state index in [-0.39, 0.29) is 39.9 Å². The van der Waals surface area contributed by atoms with Crippen LogP contribution in [-0.2, 0) is 4.74 Å². The van der Waals surface area contributed by atoms with Crippen molar-refractivity contribution in [2.75, 3.05) is 31.2 Å². The topological polar surface area (TPSA) is 72.6 Å². The Balaban J connectivity index is 1.51. The van der Waals surface area contributed by atoms with Crippen LogP contribution in [-0.4, -0.2) is 46.6 Å². The van der Waals surface area contributed by atoms with Crippen molar-refractivity contribution in [1.29, 1.82) is 0 Å². The maximum atomic E-state index is 15.9. The molecule has 3 atom stereocenters. The van der Waals surface area contributed by atoms with Crippen LogP contribution in [0.25, 0.3) is 6.20 Å². The second-order valence-electron chi connectivity index (χ2n) is 10.1. The third-order valence-corrected chi connectivity index (χ3v) is 7.89. The van der Waals surface area contributed by atoms with Gasteiger partial charge < -0.3 is 9.64 Å². The van der Waals surface area contributed by atoms with Gasteiger partial charge in [0, 0.05) is 42.9 Å². The van der Waals surface area contributed by atoms with Crippen LogP contribution < -0.4 is 10.5 Å². The van der Waals surface area contributed by atoms with E-state index in [2.05, 4.69) is 15.0 Å². The summed E-state index contributed by atoms with van der Waals surface area (Å²) >= 11 is 6.55. The Labute approximate surface area is 240 Å². The van der Waals surface area contributed by atoms with Gasteiger partial charge in [0.1, 0.15) is 16.6 Å². The second kappa shape index (κ2) is 12.0. The van der Waals surface area contributed by atoms with Gasteiger partial charge in [-0.25, -0.2) is 18.2 Å². The van der Waals surface area contributed by atoms with Crippen LogP contribution in [0.3, 0.4) is 0 Å². The molecule has 11 heteroatoms. The summed E-state index contributed by atoms with van der Waals surface area (Å²) in [6, 6.07) is 4.51. The highest BCUT2D eigenvalue weighted by Crippen LogP contribution is 2.61. The number of halogens is 4. The number of pyridine rings is 3. The molecule has 41 heavy (non-hydrogen) atoms. The lowest BCUT2D eigenvalue weighted by Gasteiger charge is -2.28. The van der Waals surface area contributed by atoms with Crippen molar-refractivity contribution in [3.05, 3.63) is 104 Å². The van der Waals surface area contributed by atoms with Crippen LogP contribution in [0.5, 0.6) is 0 Å². The molecule has 2 aliphatic rings. The van der Waals surface area contributed by atoms with Gasteiger partial charge in [-0.3, -0.25) is 19.3 Å². The van der Waals surface area contributed by atoms with Crippen LogP contribution in [0.4, 0.5) is 19.0 Å². The predicted octanol–water partition coefficient (Wildman–Crippen LogP) is 6.02. The molecule has 2 fully saturated rings. The number of rotatable bonds is 7. The fourth-order valence-corrected chi connectivity index (χ4v) is 5.68. The third kappa shape index (κ3) is 5.71. The number of aliphatic imine (C=N–C) groups is 1. The molecule has 1 aliphatic heterocycles.